The van der Waals surface area contributed by atoms with Crippen molar-refractivity contribution in [2.24, 2.45) is 4.99 Å². The summed E-state index contributed by atoms with van der Waals surface area (Å²) in [5.41, 5.74) is 1.74. The van der Waals surface area contributed by atoms with Crippen LogP contribution in [0.15, 0.2) is 29.3 Å². The number of hydrogen-bond donors (Lipinski definition) is 3. The summed E-state index contributed by atoms with van der Waals surface area (Å²) >= 11 is 0. The number of benzene rings is 1. The highest BCUT2D eigenvalue weighted by atomic mass is 16.1. The molecule has 6 nitrogen and oxygen atoms in total. The van der Waals surface area contributed by atoms with Crippen LogP contribution in [0.2, 0.25) is 0 Å². The molecule has 0 aromatic heterocycles. The predicted molar refractivity (Wildman–Crippen MR) is 119 cm³/mol. The number of carbonyl (C=O) groups is 1. The van der Waals surface area contributed by atoms with Crippen LogP contribution in [0, 0.1) is 0 Å². The fourth-order valence-electron chi connectivity index (χ4n) is 2.88. The summed E-state index contributed by atoms with van der Waals surface area (Å²) in [6.45, 7) is 6.51. The van der Waals surface area contributed by atoms with Crippen molar-refractivity contribution in [1.29, 1.82) is 0 Å². The lowest BCUT2D eigenvalue weighted by Crippen LogP contribution is -2.41. The number of guanidine groups is 1. The molecule has 158 valence electrons. The summed E-state index contributed by atoms with van der Waals surface area (Å²) in [7, 11) is 5.77. The van der Waals surface area contributed by atoms with E-state index in [1.165, 1.54) is 25.7 Å². The zero-order valence-electron chi connectivity index (χ0n) is 18.3. The zero-order chi connectivity index (χ0) is 20.8. The molecule has 0 fully saturated rings. The number of nitrogens with one attached hydrogen (secondary N) is 3. The summed E-state index contributed by atoms with van der Waals surface area (Å²) in [6.07, 6.45) is 6.24. The molecule has 1 aromatic carbocycles. The van der Waals surface area contributed by atoms with E-state index in [4.69, 9.17) is 0 Å². The lowest BCUT2D eigenvalue weighted by Gasteiger charge is -2.18. The van der Waals surface area contributed by atoms with E-state index in [1.54, 1.807) is 7.05 Å². The first-order chi connectivity index (χ1) is 13.5. The summed E-state index contributed by atoms with van der Waals surface area (Å²) in [6, 6.07) is 8.10. The van der Waals surface area contributed by atoms with E-state index in [1.807, 2.05) is 43.3 Å². The van der Waals surface area contributed by atoms with Gasteiger partial charge in [-0.25, -0.2) is 0 Å². The first-order valence-electron chi connectivity index (χ1n) is 10.4. The van der Waals surface area contributed by atoms with E-state index in [0.717, 1.165) is 24.5 Å². The Balaban J connectivity index is 2.46. The van der Waals surface area contributed by atoms with Gasteiger partial charge < -0.3 is 20.9 Å². The van der Waals surface area contributed by atoms with E-state index in [2.05, 4.69) is 34.8 Å². The fraction of sp³-hybridized carbons (Fsp3) is 0.636. The third kappa shape index (κ3) is 10.3. The van der Waals surface area contributed by atoms with E-state index < -0.39 is 0 Å². The number of aliphatic imine (C=N–C) groups is 1. The fourth-order valence-corrected chi connectivity index (χ4v) is 2.88. The number of nitrogens with zero attached hydrogens (tertiary/aromatic N) is 2. The van der Waals surface area contributed by atoms with Crippen LogP contribution in [-0.2, 0) is 6.54 Å². The number of likely N-dealkylation sites (N-methyl/N-ethyl adjacent to an activating group) is 1. The Hall–Kier alpha value is -2.08. The van der Waals surface area contributed by atoms with Crippen molar-refractivity contribution in [1.82, 2.24) is 20.9 Å². The molecule has 1 aromatic rings. The van der Waals surface area contributed by atoms with E-state index >= 15 is 0 Å². The van der Waals surface area contributed by atoms with Gasteiger partial charge in [-0.15, -0.1) is 0 Å². The van der Waals surface area contributed by atoms with Crippen molar-refractivity contribution in [2.75, 3.05) is 34.2 Å². The summed E-state index contributed by atoms with van der Waals surface area (Å²) in [4.78, 5) is 18.6. The second-order valence-electron chi connectivity index (χ2n) is 7.58. The monoisotopic (exact) mass is 389 g/mol. The highest BCUT2D eigenvalue weighted by Crippen LogP contribution is 2.07. The van der Waals surface area contributed by atoms with Gasteiger partial charge in [0.25, 0.3) is 5.91 Å². The van der Waals surface area contributed by atoms with Gasteiger partial charge in [0.15, 0.2) is 5.96 Å². The molecule has 0 saturated carbocycles. The van der Waals surface area contributed by atoms with Crippen LogP contribution in [0.25, 0.3) is 0 Å². The second kappa shape index (κ2) is 14.0. The molecule has 1 atom stereocenters. The highest BCUT2D eigenvalue weighted by molar-refractivity contribution is 5.94. The number of rotatable bonds is 12. The van der Waals surface area contributed by atoms with Crippen LogP contribution in [0.5, 0.6) is 0 Å². The average Bonchev–Trinajstić information content (AvgIpc) is 2.68. The van der Waals surface area contributed by atoms with E-state index in [0.29, 0.717) is 24.7 Å². The molecule has 0 saturated heterocycles. The molecule has 0 radical (unpaired) electrons. The molecular formula is C22H39N5O. The number of carbonyl (C=O) groups excluding carboxylic acids is 1. The molecule has 1 unspecified atom stereocenters. The largest absolute Gasteiger partial charge is 0.354 e. The summed E-state index contributed by atoms with van der Waals surface area (Å²) < 4.78 is 0. The van der Waals surface area contributed by atoms with Crippen molar-refractivity contribution in [3.63, 3.8) is 0 Å². The molecule has 0 bridgehead atoms. The first kappa shape index (κ1) is 24.0. The topological polar surface area (TPSA) is 68.8 Å². The van der Waals surface area contributed by atoms with Gasteiger partial charge in [0, 0.05) is 38.3 Å². The van der Waals surface area contributed by atoms with Crippen molar-refractivity contribution in [3.8, 4) is 0 Å². The Morgan fingerprint density at radius 1 is 1.18 bits per heavy atom. The predicted octanol–water partition coefficient (Wildman–Crippen LogP) is 3.00. The van der Waals surface area contributed by atoms with Gasteiger partial charge >= 0.3 is 0 Å². The molecule has 0 spiro atoms. The lowest BCUT2D eigenvalue weighted by molar-refractivity contribution is 0.0951. The molecular weight excluding hydrogens is 350 g/mol. The maximum atomic E-state index is 12.3. The Labute approximate surface area is 171 Å². The third-order valence-corrected chi connectivity index (χ3v) is 4.59. The third-order valence-electron chi connectivity index (χ3n) is 4.59. The lowest BCUT2D eigenvalue weighted by atomic mass is 10.1. The normalized spacial score (nSPS) is 12.7. The van der Waals surface area contributed by atoms with Crippen molar-refractivity contribution in [3.05, 3.63) is 35.4 Å². The number of amides is 1. The Kier molecular flexibility index (Phi) is 12.0. The molecule has 0 aliphatic heterocycles. The van der Waals surface area contributed by atoms with Crippen molar-refractivity contribution < 1.29 is 4.79 Å². The minimum Gasteiger partial charge on any atom is -0.354 e. The van der Waals surface area contributed by atoms with Crippen LogP contribution in [0.1, 0.15) is 61.9 Å². The van der Waals surface area contributed by atoms with E-state index in [-0.39, 0.29) is 5.91 Å². The van der Waals surface area contributed by atoms with Gasteiger partial charge in [0.1, 0.15) is 0 Å². The summed E-state index contributed by atoms with van der Waals surface area (Å²) in [5.74, 6) is 0.760. The second-order valence-corrected chi connectivity index (χ2v) is 7.58. The minimum atomic E-state index is -0.0353. The van der Waals surface area contributed by atoms with Crippen LogP contribution in [0.4, 0.5) is 0 Å². The van der Waals surface area contributed by atoms with Gasteiger partial charge in [-0.3, -0.25) is 9.79 Å². The van der Waals surface area contributed by atoms with Gasteiger partial charge in [0.2, 0.25) is 0 Å². The first-order valence-corrected chi connectivity index (χ1v) is 10.4. The Morgan fingerprint density at radius 3 is 2.64 bits per heavy atom. The van der Waals surface area contributed by atoms with Gasteiger partial charge in [-0.1, -0.05) is 44.7 Å². The zero-order valence-corrected chi connectivity index (χ0v) is 18.3. The van der Waals surface area contributed by atoms with Crippen molar-refractivity contribution >= 4 is 11.9 Å². The molecule has 1 amide bonds. The SMILES string of the molecule is CCCCCCC(C)NC(=NC)NCc1cccc(C(=O)NCCN(C)C)c1. The average molecular weight is 390 g/mol. The Bertz CT molecular complexity index is 600. The summed E-state index contributed by atoms with van der Waals surface area (Å²) in [5, 5.41) is 9.74. The van der Waals surface area contributed by atoms with Gasteiger partial charge in [-0.2, -0.15) is 0 Å². The smallest absolute Gasteiger partial charge is 0.251 e. The van der Waals surface area contributed by atoms with Crippen LogP contribution < -0.4 is 16.0 Å². The van der Waals surface area contributed by atoms with Crippen LogP contribution >= 0.6 is 0 Å². The maximum Gasteiger partial charge on any atom is 0.251 e. The molecule has 0 aliphatic carbocycles. The molecule has 6 heteroatoms. The van der Waals surface area contributed by atoms with Crippen molar-refractivity contribution in [2.45, 2.75) is 58.5 Å². The molecule has 0 heterocycles. The highest BCUT2D eigenvalue weighted by Gasteiger charge is 2.08. The quantitative estimate of drug-likeness (QED) is 0.292. The number of hydrogen-bond acceptors (Lipinski definition) is 3. The molecule has 1 rings (SSSR count). The molecule has 0 aliphatic rings. The molecule has 28 heavy (non-hydrogen) atoms. The standard InChI is InChI=1S/C22H39N5O/c1-6-7-8-9-11-18(2)26-22(23-3)25-17-19-12-10-13-20(16-19)21(28)24-14-15-27(4)5/h10,12-13,16,18H,6-9,11,14-15,17H2,1-5H3,(H,24,28)(H2,23,25,26). The molecule has 3 N–H and O–H groups in total. The number of unbranched alkanes of at least 4 members (excludes halogenated alkanes) is 3. The van der Waals surface area contributed by atoms with Gasteiger partial charge in [0.05, 0.1) is 0 Å². The van der Waals surface area contributed by atoms with Crippen LogP contribution in [-0.4, -0.2) is 57.0 Å². The maximum absolute atomic E-state index is 12.3. The van der Waals surface area contributed by atoms with Crippen LogP contribution in [0.3, 0.4) is 0 Å². The Morgan fingerprint density at radius 2 is 1.96 bits per heavy atom. The van der Waals surface area contributed by atoms with E-state index in [9.17, 15) is 4.79 Å². The van der Waals surface area contributed by atoms with Gasteiger partial charge in [-0.05, 0) is 45.1 Å². The minimum absolute atomic E-state index is 0.0353.